The Morgan fingerprint density at radius 2 is 1.34 bits per heavy atom. The fraction of sp³-hybridized carbons (Fsp3) is 0.319. The summed E-state index contributed by atoms with van der Waals surface area (Å²) in [6.07, 6.45) is 4.66. The third kappa shape index (κ3) is 8.76. The second kappa shape index (κ2) is 18.1. The smallest absolute Gasteiger partial charge is 0.407 e. The number of ether oxygens (including phenoxy) is 2. The third-order valence-corrected chi connectivity index (χ3v) is 13.1. The second-order valence-corrected chi connectivity index (χ2v) is 17.1. The van der Waals surface area contributed by atoms with Crippen molar-refractivity contribution >= 4 is 46.4 Å². The molecule has 2 aliphatic rings. The van der Waals surface area contributed by atoms with E-state index in [4.69, 9.17) is 19.4 Å². The van der Waals surface area contributed by atoms with Gasteiger partial charge in [-0.05, 0) is 76.1 Å². The van der Waals surface area contributed by atoms with E-state index in [1.165, 1.54) is 14.2 Å². The predicted octanol–water partition coefficient (Wildman–Crippen LogP) is 8.79. The third-order valence-electron chi connectivity index (χ3n) is 11.7. The van der Waals surface area contributed by atoms with E-state index in [1.807, 2.05) is 56.6 Å². The Morgan fingerprint density at radius 3 is 2.05 bits per heavy atom. The van der Waals surface area contributed by atoms with Crippen molar-refractivity contribution in [1.82, 2.24) is 35.5 Å². The Labute approximate surface area is 358 Å². The van der Waals surface area contributed by atoms with Gasteiger partial charge in [0.2, 0.25) is 0 Å². The van der Waals surface area contributed by atoms with Crippen molar-refractivity contribution in [2.75, 3.05) is 26.5 Å². The molecule has 0 spiro atoms. The highest BCUT2D eigenvalue weighted by Crippen LogP contribution is 2.45. The van der Waals surface area contributed by atoms with Crippen LogP contribution in [0.25, 0.3) is 44.4 Å². The van der Waals surface area contributed by atoms with Crippen molar-refractivity contribution in [3.63, 3.8) is 0 Å². The molecule has 314 valence electrons. The fourth-order valence-electron chi connectivity index (χ4n) is 8.44. The summed E-state index contributed by atoms with van der Waals surface area (Å²) in [7, 11) is 2.58. The monoisotopic (exact) mass is 839 g/mol. The summed E-state index contributed by atoms with van der Waals surface area (Å²) in [4.78, 5) is 70.0. The van der Waals surface area contributed by atoms with Crippen molar-refractivity contribution in [2.45, 2.75) is 56.5 Å². The number of aromatic nitrogens is 4. The second-order valence-electron chi connectivity index (χ2n) is 15.8. The Morgan fingerprint density at radius 1 is 0.738 bits per heavy atom. The number of aromatic amines is 2. The highest BCUT2D eigenvalue weighted by atomic mass is 32.2. The van der Waals surface area contributed by atoms with Gasteiger partial charge in [0, 0.05) is 18.0 Å². The van der Waals surface area contributed by atoms with E-state index in [1.54, 1.807) is 16.7 Å². The van der Waals surface area contributed by atoms with E-state index >= 15 is 0 Å². The molecular weight excluding hydrogens is 791 g/mol. The van der Waals surface area contributed by atoms with E-state index in [2.05, 4.69) is 81.3 Å². The largest absolute Gasteiger partial charge is 0.453 e. The quantitative estimate of drug-likeness (QED) is 0.0940. The fourth-order valence-corrected chi connectivity index (χ4v) is 9.86. The number of benzene rings is 4. The molecule has 2 unspecified atom stereocenters. The van der Waals surface area contributed by atoms with Gasteiger partial charge in [-0.3, -0.25) is 9.59 Å². The molecule has 2 aliphatic heterocycles. The van der Waals surface area contributed by atoms with Gasteiger partial charge in [0.1, 0.15) is 17.7 Å². The average Bonchev–Trinajstić information content (AvgIpc) is 4.14. The summed E-state index contributed by atoms with van der Waals surface area (Å²) in [5, 5.41) is 7.51. The number of amides is 3. The van der Waals surface area contributed by atoms with Crippen LogP contribution in [0.1, 0.15) is 67.7 Å². The van der Waals surface area contributed by atoms with Crippen molar-refractivity contribution in [1.29, 1.82) is 0 Å². The number of nitrogens with one attached hydrogen (secondary N) is 4. The first-order chi connectivity index (χ1) is 29.6. The molecule has 3 amide bonds. The SMILES string of the molecule is COC(=O)N[C@H](C(=O)C1CCSC1c1ncc(-c2ccc(-c3ccc4cc(-c5cnc([C@@H]6CCCN6C(=O)[C@H](NC(=O)OC)c6ccccc6)[nH]5)ccc4c3)cc2)[nH]1)C(C)C. The van der Waals surface area contributed by atoms with Gasteiger partial charge in [-0.2, -0.15) is 0 Å². The zero-order valence-electron chi connectivity index (χ0n) is 34.5. The van der Waals surface area contributed by atoms with E-state index in [0.717, 1.165) is 75.3 Å². The van der Waals surface area contributed by atoms with Gasteiger partial charge >= 0.3 is 12.2 Å². The van der Waals surface area contributed by atoms with Crippen LogP contribution >= 0.6 is 11.8 Å². The molecule has 0 radical (unpaired) electrons. The number of carbonyl (C=O) groups excluding carboxylic acids is 4. The molecule has 14 heteroatoms. The number of imidazole rings is 2. The van der Waals surface area contributed by atoms with E-state index < -0.39 is 24.3 Å². The molecule has 5 atom stereocenters. The number of nitrogens with zero attached hydrogens (tertiary/aromatic N) is 3. The minimum atomic E-state index is -0.881. The number of H-pyrrole nitrogens is 2. The molecule has 2 aromatic heterocycles. The summed E-state index contributed by atoms with van der Waals surface area (Å²) in [5.41, 5.74) is 6.55. The first kappa shape index (κ1) is 41.3. The van der Waals surface area contributed by atoms with Gasteiger partial charge in [0.15, 0.2) is 5.78 Å². The number of likely N-dealkylation sites (tertiary alicyclic amines) is 1. The van der Waals surface area contributed by atoms with Crippen molar-refractivity contribution in [3.05, 3.63) is 121 Å². The number of fused-ring (bicyclic) bond motifs is 1. The normalized spacial score (nSPS) is 18.5. The lowest BCUT2D eigenvalue weighted by molar-refractivity contribution is -0.134. The van der Waals surface area contributed by atoms with Gasteiger partial charge in [-0.15, -0.1) is 11.8 Å². The number of hydrogen-bond acceptors (Lipinski definition) is 9. The Balaban J connectivity index is 0.943. The van der Waals surface area contributed by atoms with Gasteiger partial charge in [-0.1, -0.05) is 92.7 Å². The maximum atomic E-state index is 13.9. The molecule has 0 saturated carbocycles. The molecule has 2 fully saturated rings. The lowest BCUT2D eigenvalue weighted by atomic mass is 9.87. The molecule has 0 aliphatic carbocycles. The van der Waals surface area contributed by atoms with Crippen molar-refractivity contribution in [3.8, 4) is 33.6 Å². The summed E-state index contributed by atoms with van der Waals surface area (Å²) in [5.74, 6) is 1.76. The minimum absolute atomic E-state index is 0.00595. The highest BCUT2D eigenvalue weighted by Gasteiger charge is 2.41. The van der Waals surface area contributed by atoms with Crippen LogP contribution in [-0.4, -0.2) is 81.3 Å². The van der Waals surface area contributed by atoms with Gasteiger partial charge in [0.25, 0.3) is 5.91 Å². The molecule has 61 heavy (non-hydrogen) atoms. The molecule has 13 nitrogen and oxygen atoms in total. The number of Topliss-reactive ketones (excluding diaryl/α,β-unsaturated/α-hetero) is 1. The molecule has 4 N–H and O–H groups in total. The highest BCUT2D eigenvalue weighted by molar-refractivity contribution is 7.99. The Kier molecular flexibility index (Phi) is 12.2. The molecule has 8 rings (SSSR count). The molecule has 4 heterocycles. The van der Waals surface area contributed by atoms with Gasteiger partial charge in [-0.25, -0.2) is 19.6 Å². The lowest BCUT2D eigenvalue weighted by Crippen LogP contribution is -2.47. The standard InChI is InChI=1S/C47H49N7O6S/c1-27(2)39(52-46(57)59-3)41(55)35-20-22-61-42(35)44-49-25-36(51-44)29-14-12-28(13-15-29)31-16-17-33-24-34(19-18-32(33)23-31)37-26-48-43(50-37)38-11-8-21-54(38)45(56)40(53-47(58)60-4)30-9-6-5-7-10-30/h5-7,9-10,12-19,23-27,35,38-40,42H,8,11,20-22H2,1-4H3,(H,48,50)(H,49,51)(H,52,57)(H,53,58)/t35?,38-,39-,40+,42?/m0/s1. The van der Waals surface area contributed by atoms with Crippen molar-refractivity contribution in [2.24, 2.45) is 11.8 Å². The van der Waals surface area contributed by atoms with Crippen LogP contribution in [-0.2, 0) is 19.1 Å². The van der Waals surface area contributed by atoms with Crippen LogP contribution < -0.4 is 10.6 Å². The molecular formula is C47H49N7O6S. The summed E-state index contributed by atoms with van der Waals surface area (Å²) in [6.45, 7) is 4.40. The number of thioether (sulfide) groups is 1. The topological polar surface area (TPSA) is 171 Å². The zero-order chi connectivity index (χ0) is 42.6. The van der Waals surface area contributed by atoms with Crippen molar-refractivity contribution < 1.29 is 28.7 Å². The molecule has 4 aromatic carbocycles. The van der Waals surface area contributed by atoms with Crippen LogP contribution in [0.2, 0.25) is 0 Å². The molecule has 0 bridgehead atoms. The summed E-state index contributed by atoms with van der Waals surface area (Å²) < 4.78 is 9.62. The van der Waals surface area contributed by atoms with Crippen LogP contribution in [0.4, 0.5) is 9.59 Å². The summed E-state index contributed by atoms with van der Waals surface area (Å²) >= 11 is 1.71. The number of hydrogen-bond donors (Lipinski definition) is 4. The first-order valence-corrected chi connectivity index (χ1v) is 21.6. The number of rotatable bonds is 12. The number of carbonyl (C=O) groups is 4. The Hall–Kier alpha value is -6.41. The zero-order valence-corrected chi connectivity index (χ0v) is 35.3. The first-order valence-electron chi connectivity index (χ1n) is 20.6. The molecule has 2 saturated heterocycles. The average molecular weight is 840 g/mol. The van der Waals surface area contributed by atoms with E-state index in [0.29, 0.717) is 17.9 Å². The number of ketones is 1. The number of methoxy groups -OCH3 is 2. The predicted molar refractivity (Wildman–Crippen MR) is 235 cm³/mol. The van der Waals surface area contributed by atoms with Crippen LogP contribution in [0.15, 0.2) is 103 Å². The minimum Gasteiger partial charge on any atom is -0.453 e. The maximum absolute atomic E-state index is 13.9. The van der Waals surface area contributed by atoms with Gasteiger partial charge < -0.3 is 35.0 Å². The maximum Gasteiger partial charge on any atom is 0.407 e. The Bertz CT molecular complexity index is 2540. The summed E-state index contributed by atoms with van der Waals surface area (Å²) in [6, 6.07) is 28.5. The van der Waals surface area contributed by atoms with E-state index in [-0.39, 0.29) is 34.8 Å². The van der Waals surface area contributed by atoms with E-state index in [9.17, 15) is 19.2 Å². The van der Waals surface area contributed by atoms with Gasteiger partial charge in [0.05, 0.1) is 55.3 Å². The van der Waals surface area contributed by atoms with Crippen LogP contribution in [0, 0.1) is 11.8 Å². The molecule has 6 aromatic rings. The van der Waals surface area contributed by atoms with Crippen LogP contribution in [0.5, 0.6) is 0 Å². The van der Waals surface area contributed by atoms with Crippen LogP contribution in [0.3, 0.4) is 0 Å². The lowest BCUT2D eigenvalue weighted by Gasteiger charge is -2.28. The number of alkyl carbamates (subject to hydrolysis) is 2.